The van der Waals surface area contributed by atoms with Gasteiger partial charge in [0.2, 0.25) is 0 Å². The molecule has 0 unspecified atom stereocenters. The van der Waals surface area contributed by atoms with Crippen molar-refractivity contribution >= 4 is 0 Å². The minimum atomic E-state index is 0. The molecule has 0 amide bonds. The highest BCUT2D eigenvalue weighted by molar-refractivity contribution is 5.32. The van der Waals surface area contributed by atoms with Crippen LogP contribution in [-0.2, 0) is 6.42 Å². The normalized spacial score (nSPS) is 24.4. The number of hydrogen-bond acceptors (Lipinski definition) is 0. The standard InChI is InChI=1S/C22H30.CH4/c1-3-18-8-12-20(13-9-18)21-14-10-19(11-15-21)16-22-7-5-4-6-17(22)2;/h6-9,12-13,19,21H,3-5,10-11,14-16H2,1-2H3;1H4. The van der Waals surface area contributed by atoms with E-state index in [0.29, 0.717) is 0 Å². The van der Waals surface area contributed by atoms with Crippen molar-refractivity contribution in [3.05, 3.63) is 58.7 Å². The van der Waals surface area contributed by atoms with Crippen LogP contribution >= 0.6 is 0 Å². The van der Waals surface area contributed by atoms with Crippen LogP contribution in [0.3, 0.4) is 0 Å². The highest BCUT2D eigenvalue weighted by Crippen LogP contribution is 2.39. The zero-order valence-electron chi connectivity index (χ0n) is 14.3. The third-order valence-electron chi connectivity index (χ3n) is 5.73. The van der Waals surface area contributed by atoms with Gasteiger partial charge < -0.3 is 0 Å². The van der Waals surface area contributed by atoms with E-state index in [1.54, 1.807) is 16.7 Å². The summed E-state index contributed by atoms with van der Waals surface area (Å²) < 4.78 is 0. The minimum Gasteiger partial charge on any atom is -0.0810 e. The van der Waals surface area contributed by atoms with Crippen LogP contribution in [-0.4, -0.2) is 0 Å². The molecule has 1 fully saturated rings. The Hall–Kier alpha value is -1.30. The Balaban J connectivity index is 0.00000192. The molecule has 126 valence electrons. The number of hydrogen-bond donors (Lipinski definition) is 0. The maximum Gasteiger partial charge on any atom is -0.0162 e. The van der Waals surface area contributed by atoms with Crippen molar-refractivity contribution in [1.82, 2.24) is 0 Å². The molecule has 0 heterocycles. The highest BCUT2D eigenvalue weighted by atomic mass is 14.3. The van der Waals surface area contributed by atoms with Crippen LogP contribution < -0.4 is 0 Å². The van der Waals surface area contributed by atoms with Gasteiger partial charge in [-0.3, -0.25) is 0 Å². The Bertz CT molecular complexity index is 536. The fourth-order valence-corrected chi connectivity index (χ4v) is 4.13. The van der Waals surface area contributed by atoms with E-state index >= 15 is 0 Å². The van der Waals surface area contributed by atoms with Gasteiger partial charge in [-0.1, -0.05) is 56.3 Å². The topological polar surface area (TPSA) is 0 Å². The van der Waals surface area contributed by atoms with Gasteiger partial charge in [-0.05, 0) is 86.8 Å². The summed E-state index contributed by atoms with van der Waals surface area (Å²) >= 11 is 0. The van der Waals surface area contributed by atoms with Crippen LogP contribution in [0.5, 0.6) is 0 Å². The third kappa shape index (κ3) is 4.59. The molecule has 0 bridgehead atoms. The van der Waals surface area contributed by atoms with Crippen LogP contribution in [0, 0.1) is 5.92 Å². The zero-order valence-corrected chi connectivity index (χ0v) is 14.3. The number of aryl methyl sites for hydroxylation is 1. The van der Waals surface area contributed by atoms with Gasteiger partial charge in [0.15, 0.2) is 0 Å². The average molecular weight is 311 g/mol. The number of allylic oxidation sites excluding steroid dienone is 4. The molecule has 0 radical (unpaired) electrons. The SMILES string of the molecule is C.CCc1ccc(C2CCC(CC3=CCCC=C3C)CC2)cc1. The first kappa shape index (κ1) is 18.0. The van der Waals surface area contributed by atoms with E-state index in [1.165, 1.54) is 50.5 Å². The zero-order chi connectivity index (χ0) is 15.4. The molecule has 3 rings (SSSR count). The Morgan fingerprint density at radius 3 is 2.17 bits per heavy atom. The van der Waals surface area contributed by atoms with Gasteiger partial charge in [-0.15, -0.1) is 0 Å². The molecule has 2 aliphatic carbocycles. The van der Waals surface area contributed by atoms with Crippen LogP contribution in [0.25, 0.3) is 0 Å². The Labute approximate surface area is 143 Å². The smallest absolute Gasteiger partial charge is 0.0162 e. The Kier molecular flexibility index (Phi) is 6.69. The molecule has 0 nitrogen and oxygen atoms in total. The molecule has 23 heavy (non-hydrogen) atoms. The van der Waals surface area contributed by atoms with Crippen molar-refractivity contribution in [2.24, 2.45) is 5.92 Å². The summed E-state index contributed by atoms with van der Waals surface area (Å²) in [4.78, 5) is 0. The molecule has 0 heteroatoms. The summed E-state index contributed by atoms with van der Waals surface area (Å²) in [6.45, 7) is 4.53. The van der Waals surface area contributed by atoms with Crippen molar-refractivity contribution in [3.63, 3.8) is 0 Å². The summed E-state index contributed by atoms with van der Waals surface area (Å²) in [5.74, 6) is 1.72. The fraction of sp³-hybridized carbons (Fsp3) is 0.565. The summed E-state index contributed by atoms with van der Waals surface area (Å²) in [5.41, 5.74) is 6.22. The lowest BCUT2D eigenvalue weighted by molar-refractivity contribution is 0.324. The van der Waals surface area contributed by atoms with Crippen molar-refractivity contribution in [3.8, 4) is 0 Å². The molecule has 0 aliphatic heterocycles. The second-order valence-corrected chi connectivity index (χ2v) is 7.21. The Morgan fingerprint density at radius 2 is 1.57 bits per heavy atom. The van der Waals surface area contributed by atoms with E-state index in [2.05, 4.69) is 50.3 Å². The molecule has 1 aromatic rings. The van der Waals surface area contributed by atoms with Crippen molar-refractivity contribution in [2.45, 2.75) is 78.6 Å². The van der Waals surface area contributed by atoms with Gasteiger partial charge in [0.25, 0.3) is 0 Å². The first-order valence-electron chi connectivity index (χ1n) is 9.21. The van der Waals surface area contributed by atoms with Gasteiger partial charge in [-0.2, -0.15) is 0 Å². The second-order valence-electron chi connectivity index (χ2n) is 7.21. The quantitative estimate of drug-likeness (QED) is 0.551. The van der Waals surface area contributed by atoms with Crippen LogP contribution in [0.4, 0.5) is 0 Å². The largest absolute Gasteiger partial charge is 0.0810 e. The lowest BCUT2D eigenvalue weighted by Crippen LogP contribution is -2.14. The molecule has 1 saturated carbocycles. The molecular formula is C23H34. The van der Waals surface area contributed by atoms with Crippen LogP contribution in [0.1, 0.15) is 83.3 Å². The number of benzene rings is 1. The van der Waals surface area contributed by atoms with Gasteiger partial charge in [0, 0.05) is 0 Å². The molecule has 0 N–H and O–H groups in total. The fourth-order valence-electron chi connectivity index (χ4n) is 4.13. The van der Waals surface area contributed by atoms with Gasteiger partial charge in [-0.25, -0.2) is 0 Å². The predicted molar refractivity (Wildman–Crippen MR) is 103 cm³/mol. The van der Waals surface area contributed by atoms with Crippen LogP contribution in [0.15, 0.2) is 47.6 Å². The first-order chi connectivity index (χ1) is 10.8. The number of rotatable bonds is 4. The highest BCUT2D eigenvalue weighted by Gasteiger charge is 2.23. The van der Waals surface area contributed by atoms with Crippen LogP contribution in [0.2, 0.25) is 0 Å². The monoisotopic (exact) mass is 310 g/mol. The van der Waals surface area contributed by atoms with E-state index < -0.39 is 0 Å². The lowest BCUT2D eigenvalue weighted by Gasteiger charge is -2.30. The van der Waals surface area contributed by atoms with E-state index in [0.717, 1.165) is 18.3 Å². The van der Waals surface area contributed by atoms with Crippen molar-refractivity contribution < 1.29 is 0 Å². The second kappa shape index (κ2) is 8.52. The lowest BCUT2D eigenvalue weighted by atomic mass is 9.75. The first-order valence-corrected chi connectivity index (χ1v) is 9.21. The van der Waals surface area contributed by atoms with E-state index in [4.69, 9.17) is 0 Å². The molecule has 0 atom stereocenters. The van der Waals surface area contributed by atoms with E-state index in [9.17, 15) is 0 Å². The molecule has 0 saturated heterocycles. The Morgan fingerprint density at radius 1 is 0.913 bits per heavy atom. The maximum absolute atomic E-state index is 2.49. The summed E-state index contributed by atoms with van der Waals surface area (Å²) in [6.07, 6.45) is 15.5. The minimum absolute atomic E-state index is 0. The van der Waals surface area contributed by atoms with Gasteiger partial charge >= 0.3 is 0 Å². The summed E-state index contributed by atoms with van der Waals surface area (Å²) in [7, 11) is 0. The molecular weight excluding hydrogens is 276 g/mol. The average Bonchev–Trinajstić information content (AvgIpc) is 2.58. The predicted octanol–water partition coefficient (Wildman–Crippen LogP) is 7.22. The third-order valence-corrected chi connectivity index (χ3v) is 5.73. The van der Waals surface area contributed by atoms with Crippen molar-refractivity contribution in [2.75, 3.05) is 0 Å². The molecule has 0 spiro atoms. The maximum atomic E-state index is 2.49. The van der Waals surface area contributed by atoms with E-state index in [-0.39, 0.29) is 7.43 Å². The molecule has 1 aromatic carbocycles. The molecule has 0 aromatic heterocycles. The van der Waals surface area contributed by atoms with Gasteiger partial charge in [0.1, 0.15) is 0 Å². The molecule has 2 aliphatic rings. The summed E-state index contributed by atoms with van der Waals surface area (Å²) in [6, 6.07) is 9.39. The van der Waals surface area contributed by atoms with E-state index in [1.807, 2.05) is 0 Å². The van der Waals surface area contributed by atoms with Gasteiger partial charge in [0.05, 0.1) is 0 Å². The van der Waals surface area contributed by atoms with Crippen molar-refractivity contribution in [1.29, 1.82) is 0 Å². The summed E-state index contributed by atoms with van der Waals surface area (Å²) in [5, 5.41) is 0.